The highest BCUT2D eigenvalue weighted by Crippen LogP contribution is 2.43. The number of nitrogens with one attached hydrogen (secondary N) is 1. The molecule has 1 aromatic carbocycles. The van der Waals surface area contributed by atoms with Crippen LogP contribution in [0.2, 0.25) is 0 Å². The Morgan fingerprint density at radius 1 is 1.07 bits per heavy atom. The third kappa shape index (κ3) is 4.20. The Hall–Kier alpha value is -2.46. The maximum absolute atomic E-state index is 12.7. The average molecular weight is 404 g/mol. The predicted molar refractivity (Wildman–Crippen MR) is 122 cm³/mol. The molecule has 2 heterocycles. The SMILES string of the molecule is CCN(CC)C(=O)c1ccc(C2=CC3(CCCNCC3)CCc3ccccc32)cn1. The van der Waals surface area contributed by atoms with Gasteiger partial charge in [-0.1, -0.05) is 36.4 Å². The van der Waals surface area contributed by atoms with Crippen LogP contribution in [0, 0.1) is 5.41 Å². The van der Waals surface area contributed by atoms with Gasteiger partial charge in [0.05, 0.1) is 0 Å². The second-order valence-corrected chi connectivity index (χ2v) is 8.59. The number of amides is 1. The van der Waals surface area contributed by atoms with Crippen molar-refractivity contribution in [1.82, 2.24) is 15.2 Å². The average Bonchev–Trinajstić information content (AvgIpc) is 3.12. The monoisotopic (exact) mass is 403 g/mol. The second kappa shape index (κ2) is 9.13. The number of nitrogens with zero attached hydrogens (tertiary/aromatic N) is 2. The highest BCUT2D eigenvalue weighted by molar-refractivity contribution is 5.93. The van der Waals surface area contributed by atoms with Crippen molar-refractivity contribution >= 4 is 11.5 Å². The number of benzene rings is 1. The Kier molecular flexibility index (Phi) is 6.33. The molecule has 1 aliphatic heterocycles. The highest BCUT2D eigenvalue weighted by Gasteiger charge is 2.32. The van der Waals surface area contributed by atoms with Crippen molar-refractivity contribution in [2.75, 3.05) is 26.2 Å². The summed E-state index contributed by atoms with van der Waals surface area (Å²) < 4.78 is 0. The molecule has 1 unspecified atom stereocenters. The lowest BCUT2D eigenvalue weighted by Gasteiger charge is -2.29. The maximum atomic E-state index is 12.7. The molecular formula is C26H33N3O. The summed E-state index contributed by atoms with van der Waals surface area (Å²) in [6.45, 7) is 7.60. The van der Waals surface area contributed by atoms with Gasteiger partial charge in [-0.05, 0) is 87.2 Å². The molecule has 2 aliphatic rings. The van der Waals surface area contributed by atoms with Gasteiger partial charge < -0.3 is 10.2 Å². The number of aromatic nitrogens is 1. The molecule has 1 aromatic heterocycles. The largest absolute Gasteiger partial charge is 0.338 e. The number of hydrogen-bond donors (Lipinski definition) is 1. The first kappa shape index (κ1) is 20.8. The molecule has 1 saturated heterocycles. The Morgan fingerprint density at radius 2 is 1.90 bits per heavy atom. The normalized spacial score (nSPS) is 21.3. The fourth-order valence-electron chi connectivity index (χ4n) is 4.98. The fraction of sp³-hybridized carbons (Fsp3) is 0.462. The number of allylic oxidation sites excluding steroid dienone is 1. The minimum absolute atomic E-state index is 0.00751. The Labute approximate surface area is 180 Å². The summed E-state index contributed by atoms with van der Waals surface area (Å²) in [6, 6.07) is 12.8. The maximum Gasteiger partial charge on any atom is 0.272 e. The van der Waals surface area contributed by atoms with Gasteiger partial charge in [-0.15, -0.1) is 0 Å². The quantitative estimate of drug-likeness (QED) is 0.805. The Morgan fingerprint density at radius 3 is 2.67 bits per heavy atom. The molecule has 0 bridgehead atoms. The van der Waals surface area contributed by atoms with E-state index in [2.05, 4.69) is 46.7 Å². The number of fused-ring (bicyclic) bond motifs is 1. The van der Waals surface area contributed by atoms with E-state index in [4.69, 9.17) is 0 Å². The van der Waals surface area contributed by atoms with Gasteiger partial charge in [-0.2, -0.15) is 0 Å². The first-order valence-corrected chi connectivity index (χ1v) is 11.4. The van der Waals surface area contributed by atoms with Crippen LogP contribution in [0.15, 0.2) is 48.7 Å². The molecule has 0 saturated carbocycles. The van der Waals surface area contributed by atoms with Crippen LogP contribution >= 0.6 is 0 Å². The molecule has 1 fully saturated rings. The van der Waals surface area contributed by atoms with Gasteiger partial charge in [-0.25, -0.2) is 0 Å². The third-order valence-corrected chi connectivity index (χ3v) is 6.82. The van der Waals surface area contributed by atoms with E-state index in [0.29, 0.717) is 18.8 Å². The molecule has 1 atom stereocenters. The van der Waals surface area contributed by atoms with Crippen molar-refractivity contribution in [2.45, 2.75) is 46.0 Å². The molecule has 4 heteroatoms. The number of carbonyl (C=O) groups is 1. The Bertz CT molecular complexity index is 904. The minimum atomic E-state index is 0.00751. The smallest absolute Gasteiger partial charge is 0.272 e. The van der Waals surface area contributed by atoms with Crippen LogP contribution in [0.1, 0.15) is 66.7 Å². The van der Waals surface area contributed by atoms with Crippen molar-refractivity contribution in [3.63, 3.8) is 0 Å². The minimum Gasteiger partial charge on any atom is -0.338 e. The zero-order chi connectivity index (χ0) is 21.0. The van der Waals surface area contributed by atoms with Gasteiger partial charge in [0, 0.05) is 24.8 Å². The number of rotatable bonds is 4. The lowest BCUT2D eigenvalue weighted by molar-refractivity contribution is 0.0767. The summed E-state index contributed by atoms with van der Waals surface area (Å²) in [5.74, 6) is 0.00751. The van der Waals surface area contributed by atoms with E-state index in [1.807, 2.05) is 31.0 Å². The van der Waals surface area contributed by atoms with Crippen LogP contribution in [0.4, 0.5) is 0 Å². The van der Waals surface area contributed by atoms with Crippen LogP contribution in [-0.4, -0.2) is 42.0 Å². The molecule has 2 aromatic rings. The number of hydrogen-bond acceptors (Lipinski definition) is 3. The van der Waals surface area contributed by atoms with E-state index in [1.54, 1.807) is 0 Å². The van der Waals surface area contributed by atoms with Crippen LogP contribution < -0.4 is 5.32 Å². The molecule has 0 radical (unpaired) electrons. The molecule has 30 heavy (non-hydrogen) atoms. The van der Waals surface area contributed by atoms with Gasteiger partial charge in [-0.3, -0.25) is 9.78 Å². The summed E-state index contributed by atoms with van der Waals surface area (Å²) in [7, 11) is 0. The molecule has 1 spiro atoms. The van der Waals surface area contributed by atoms with Gasteiger partial charge in [0.25, 0.3) is 5.91 Å². The summed E-state index contributed by atoms with van der Waals surface area (Å²) in [5, 5.41) is 3.57. The summed E-state index contributed by atoms with van der Waals surface area (Å²) in [6.07, 6.45) is 10.4. The first-order chi connectivity index (χ1) is 14.7. The topological polar surface area (TPSA) is 45.2 Å². The molecule has 1 N–H and O–H groups in total. The van der Waals surface area contributed by atoms with Crippen LogP contribution in [0.25, 0.3) is 5.57 Å². The molecule has 158 valence electrons. The number of carbonyl (C=O) groups excluding carboxylic acids is 1. The lowest BCUT2D eigenvalue weighted by Crippen LogP contribution is -2.31. The van der Waals surface area contributed by atoms with E-state index in [0.717, 1.165) is 25.1 Å². The van der Waals surface area contributed by atoms with E-state index in [1.165, 1.54) is 42.4 Å². The molecule has 1 aliphatic carbocycles. The second-order valence-electron chi connectivity index (χ2n) is 8.59. The van der Waals surface area contributed by atoms with E-state index >= 15 is 0 Å². The Balaban J connectivity index is 1.73. The molecule has 4 rings (SSSR count). The van der Waals surface area contributed by atoms with Gasteiger partial charge in [0.1, 0.15) is 5.69 Å². The van der Waals surface area contributed by atoms with Gasteiger partial charge >= 0.3 is 0 Å². The van der Waals surface area contributed by atoms with Crippen LogP contribution in [-0.2, 0) is 6.42 Å². The van der Waals surface area contributed by atoms with Crippen molar-refractivity contribution in [3.8, 4) is 0 Å². The van der Waals surface area contributed by atoms with Crippen molar-refractivity contribution < 1.29 is 4.79 Å². The van der Waals surface area contributed by atoms with Gasteiger partial charge in [0.15, 0.2) is 0 Å². The standard InChI is InChI=1S/C26H33N3O/c1-3-29(4-2)25(30)24-11-10-21(19-28-24)23-18-26(13-7-16-27-17-15-26)14-12-20-8-5-6-9-22(20)23/h5-6,8-11,18-19,27H,3-4,7,12-17H2,1-2H3. The molecular weight excluding hydrogens is 370 g/mol. The van der Waals surface area contributed by atoms with Gasteiger partial charge in [0.2, 0.25) is 0 Å². The molecule has 4 nitrogen and oxygen atoms in total. The van der Waals surface area contributed by atoms with E-state index < -0.39 is 0 Å². The highest BCUT2D eigenvalue weighted by atomic mass is 16.2. The lowest BCUT2D eigenvalue weighted by atomic mass is 9.76. The predicted octanol–water partition coefficient (Wildman–Crippen LogP) is 4.70. The number of aryl methyl sites for hydroxylation is 1. The van der Waals surface area contributed by atoms with Crippen molar-refractivity contribution in [1.29, 1.82) is 0 Å². The number of pyridine rings is 1. The summed E-state index contributed by atoms with van der Waals surface area (Å²) >= 11 is 0. The zero-order valence-electron chi connectivity index (χ0n) is 18.3. The fourth-order valence-corrected chi connectivity index (χ4v) is 4.98. The van der Waals surface area contributed by atoms with Crippen molar-refractivity contribution in [3.05, 3.63) is 71.1 Å². The first-order valence-electron chi connectivity index (χ1n) is 11.4. The summed E-state index contributed by atoms with van der Waals surface area (Å²) in [5.41, 5.74) is 5.88. The van der Waals surface area contributed by atoms with E-state index in [-0.39, 0.29) is 11.3 Å². The van der Waals surface area contributed by atoms with E-state index in [9.17, 15) is 4.79 Å². The summed E-state index contributed by atoms with van der Waals surface area (Å²) in [4.78, 5) is 19.1. The van der Waals surface area contributed by atoms with Crippen LogP contribution in [0.3, 0.4) is 0 Å². The van der Waals surface area contributed by atoms with Crippen molar-refractivity contribution in [2.24, 2.45) is 5.41 Å². The van der Waals surface area contributed by atoms with Crippen LogP contribution in [0.5, 0.6) is 0 Å². The zero-order valence-corrected chi connectivity index (χ0v) is 18.3. The third-order valence-electron chi connectivity index (χ3n) is 6.82. The molecule has 1 amide bonds.